The lowest BCUT2D eigenvalue weighted by Crippen LogP contribution is -2.26. The van der Waals surface area contributed by atoms with Crippen LogP contribution < -0.4 is 4.74 Å². The molecule has 1 nitrogen and oxygen atoms in total. The molecule has 2 rings (SSSR count). The van der Waals surface area contributed by atoms with E-state index in [0.717, 1.165) is 5.75 Å². The quantitative estimate of drug-likeness (QED) is 0.655. The monoisotopic (exact) mass is 188 g/mol. The summed E-state index contributed by atoms with van der Waals surface area (Å²) in [6.45, 7) is 6.52. The van der Waals surface area contributed by atoms with Crippen LogP contribution in [0.4, 0.5) is 0 Å². The molecular formula is C13H16O. The van der Waals surface area contributed by atoms with E-state index in [0.29, 0.717) is 5.92 Å². The molecule has 1 aliphatic heterocycles. The largest absolute Gasteiger partial charge is 0.485 e. The van der Waals surface area contributed by atoms with Crippen LogP contribution >= 0.6 is 0 Å². The molecule has 0 N–H and O–H groups in total. The molecule has 1 atom stereocenters. The maximum absolute atomic E-state index is 5.94. The van der Waals surface area contributed by atoms with E-state index in [2.05, 4.69) is 32.9 Å². The van der Waals surface area contributed by atoms with Crippen molar-refractivity contribution in [3.8, 4) is 5.75 Å². The first-order chi connectivity index (χ1) is 6.68. The van der Waals surface area contributed by atoms with Crippen molar-refractivity contribution in [1.82, 2.24) is 0 Å². The summed E-state index contributed by atoms with van der Waals surface area (Å²) in [5, 5.41) is 0. The average molecular weight is 188 g/mol. The number of fused-ring (bicyclic) bond motifs is 1. The van der Waals surface area contributed by atoms with Gasteiger partial charge in [0, 0.05) is 5.56 Å². The fourth-order valence-electron chi connectivity index (χ4n) is 1.93. The predicted molar refractivity (Wildman–Crippen MR) is 59.3 cm³/mol. The van der Waals surface area contributed by atoms with Crippen LogP contribution in [0.25, 0.3) is 6.08 Å². The van der Waals surface area contributed by atoms with Crippen LogP contribution in [0.3, 0.4) is 0 Å². The Morgan fingerprint density at radius 3 is 2.64 bits per heavy atom. The van der Waals surface area contributed by atoms with Crippen LogP contribution in [0.1, 0.15) is 26.3 Å². The van der Waals surface area contributed by atoms with E-state index in [9.17, 15) is 0 Å². The van der Waals surface area contributed by atoms with Gasteiger partial charge in [-0.15, -0.1) is 0 Å². The molecule has 0 amide bonds. The highest BCUT2D eigenvalue weighted by atomic mass is 16.5. The Balaban J connectivity index is 2.38. The Hall–Kier alpha value is -1.24. The van der Waals surface area contributed by atoms with Gasteiger partial charge < -0.3 is 4.74 Å². The number of hydrogen-bond donors (Lipinski definition) is 0. The first-order valence-electron chi connectivity index (χ1n) is 5.12. The fraction of sp³-hybridized carbons (Fsp3) is 0.385. The maximum Gasteiger partial charge on any atom is 0.127 e. The SMILES string of the molecule is CC1=Cc2ccccc2OC1C(C)C. The first-order valence-corrected chi connectivity index (χ1v) is 5.12. The molecule has 1 aliphatic rings. The lowest BCUT2D eigenvalue weighted by molar-refractivity contribution is 0.183. The molecule has 0 saturated heterocycles. The van der Waals surface area contributed by atoms with Gasteiger partial charge >= 0.3 is 0 Å². The van der Waals surface area contributed by atoms with Gasteiger partial charge in [-0.2, -0.15) is 0 Å². The highest BCUT2D eigenvalue weighted by Gasteiger charge is 2.22. The van der Waals surface area contributed by atoms with Gasteiger partial charge in [0.05, 0.1) is 0 Å². The van der Waals surface area contributed by atoms with E-state index in [1.54, 1.807) is 0 Å². The molecule has 0 bridgehead atoms. The van der Waals surface area contributed by atoms with E-state index in [1.165, 1.54) is 11.1 Å². The number of ether oxygens (including phenoxy) is 1. The fourth-order valence-corrected chi connectivity index (χ4v) is 1.93. The van der Waals surface area contributed by atoms with Crippen molar-refractivity contribution in [2.75, 3.05) is 0 Å². The summed E-state index contributed by atoms with van der Waals surface area (Å²) < 4.78 is 5.94. The summed E-state index contributed by atoms with van der Waals surface area (Å²) in [6, 6.07) is 8.19. The molecule has 74 valence electrons. The molecule has 0 aliphatic carbocycles. The van der Waals surface area contributed by atoms with Gasteiger partial charge in [-0.1, -0.05) is 32.0 Å². The van der Waals surface area contributed by atoms with Crippen LogP contribution in [0.5, 0.6) is 5.75 Å². The molecule has 14 heavy (non-hydrogen) atoms. The number of hydrogen-bond acceptors (Lipinski definition) is 1. The Bertz CT molecular complexity index is 363. The minimum absolute atomic E-state index is 0.241. The standard InChI is InChI=1S/C13H16O/c1-9(2)13-10(3)8-11-6-4-5-7-12(11)14-13/h4-9,13H,1-3H3. The maximum atomic E-state index is 5.94. The Morgan fingerprint density at radius 1 is 1.21 bits per heavy atom. The number of benzene rings is 1. The van der Waals surface area contributed by atoms with Crippen molar-refractivity contribution >= 4 is 6.08 Å². The molecule has 1 aromatic rings. The van der Waals surface area contributed by atoms with Crippen molar-refractivity contribution in [1.29, 1.82) is 0 Å². The molecule has 0 radical (unpaired) electrons. The summed E-state index contributed by atoms with van der Waals surface area (Å²) in [5.41, 5.74) is 2.51. The zero-order chi connectivity index (χ0) is 10.1. The molecule has 0 spiro atoms. The number of para-hydroxylation sites is 1. The summed E-state index contributed by atoms with van der Waals surface area (Å²) in [4.78, 5) is 0. The average Bonchev–Trinajstić information content (AvgIpc) is 2.16. The summed E-state index contributed by atoms with van der Waals surface area (Å²) in [7, 11) is 0. The molecule has 1 aromatic carbocycles. The summed E-state index contributed by atoms with van der Waals surface area (Å²) >= 11 is 0. The Kier molecular flexibility index (Phi) is 2.32. The van der Waals surface area contributed by atoms with Gasteiger partial charge in [-0.05, 0) is 30.6 Å². The third-order valence-electron chi connectivity index (χ3n) is 2.61. The third kappa shape index (κ3) is 1.54. The van der Waals surface area contributed by atoms with Gasteiger partial charge in [-0.25, -0.2) is 0 Å². The zero-order valence-corrected chi connectivity index (χ0v) is 8.95. The minimum atomic E-state index is 0.241. The van der Waals surface area contributed by atoms with Gasteiger partial charge in [0.15, 0.2) is 0 Å². The lowest BCUT2D eigenvalue weighted by Gasteiger charge is -2.28. The second-order valence-corrected chi connectivity index (χ2v) is 4.21. The molecule has 1 heterocycles. The van der Waals surface area contributed by atoms with E-state index >= 15 is 0 Å². The summed E-state index contributed by atoms with van der Waals surface area (Å²) in [6.07, 6.45) is 2.47. The van der Waals surface area contributed by atoms with E-state index in [4.69, 9.17) is 4.74 Å². The van der Waals surface area contributed by atoms with Crippen LogP contribution in [-0.4, -0.2) is 6.10 Å². The van der Waals surface area contributed by atoms with Crippen molar-refractivity contribution in [3.63, 3.8) is 0 Å². The zero-order valence-electron chi connectivity index (χ0n) is 8.95. The Labute approximate surface area is 85.4 Å². The summed E-state index contributed by atoms with van der Waals surface area (Å²) in [5.74, 6) is 1.54. The second-order valence-electron chi connectivity index (χ2n) is 4.21. The normalized spacial score (nSPS) is 20.0. The van der Waals surface area contributed by atoms with Crippen molar-refractivity contribution in [2.45, 2.75) is 26.9 Å². The molecule has 1 heteroatoms. The number of rotatable bonds is 1. The molecule has 0 saturated carbocycles. The molecule has 0 fully saturated rings. The van der Waals surface area contributed by atoms with Crippen LogP contribution in [0.15, 0.2) is 29.8 Å². The highest BCUT2D eigenvalue weighted by Crippen LogP contribution is 2.31. The van der Waals surface area contributed by atoms with Gasteiger partial charge in [0.25, 0.3) is 0 Å². The van der Waals surface area contributed by atoms with Crippen molar-refractivity contribution < 1.29 is 4.74 Å². The minimum Gasteiger partial charge on any atom is -0.485 e. The van der Waals surface area contributed by atoms with E-state index in [1.807, 2.05) is 18.2 Å². The van der Waals surface area contributed by atoms with Crippen molar-refractivity contribution in [2.24, 2.45) is 5.92 Å². The molecule has 0 aromatic heterocycles. The first kappa shape index (κ1) is 9.32. The lowest BCUT2D eigenvalue weighted by atomic mass is 9.95. The highest BCUT2D eigenvalue weighted by molar-refractivity contribution is 5.62. The Morgan fingerprint density at radius 2 is 1.93 bits per heavy atom. The van der Waals surface area contributed by atoms with Gasteiger partial charge in [0.2, 0.25) is 0 Å². The van der Waals surface area contributed by atoms with E-state index < -0.39 is 0 Å². The third-order valence-corrected chi connectivity index (χ3v) is 2.61. The van der Waals surface area contributed by atoms with Crippen LogP contribution in [0.2, 0.25) is 0 Å². The van der Waals surface area contributed by atoms with Crippen LogP contribution in [-0.2, 0) is 0 Å². The second kappa shape index (κ2) is 3.49. The predicted octanol–water partition coefficient (Wildman–Crippen LogP) is 3.51. The topological polar surface area (TPSA) is 9.23 Å². The van der Waals surface area contributed by atoms with Crippen molar-refractivity contribution in [3.05, 3.63) is 35.4 Å². The smallest absolute Gasteiger partial charge is 0.127 e. The molecular weight excluding hydrogens is 172 g/mol. The van der Waals surface area contributed by atoms with Crippen LogP contribution in [0, 0.1) is 5.92 Å². The van der Waals surface area contributed by atoms with Gasteiger partial charge in [-0.3, -0.25) is 0 Å². The van der Waals surface area contributed by atoms with Gasteiger partial charge in [0.1, 0.15) is 11.9 Å². The molecule has 1 unspecified atom stereocenters. The van der Waals surface area contributed by atoms with E-state index in [-0.39, 0.29) is 6.10 Å².